The Kier molecular flexibility index (Phi) is 6.42. The highest BCUT2D eigenvalue weighted by molar-refractivity contribution is 7.99. The molecule has 0 aromatic heterocycles. The van der Waals surface area contributed by atoms with Gasteiger partial charge in [0.15, 0.2) is 0 Å². The highest BCUT2D eigenvalue weighted by Crippen LogP contribution is 2.12. The molecule has 1 amide bonds. The first kappa shape index (κ1) is 15.6. The molecule has 0 aliphatic heterocycles. The summed E-state index contributed by atoms with van der Waals surface area (Å²) in [6.45, 7) is 1.85. The predicted molar refractivity (Wildman–Crippen MR) is 77.0 cm³/mol. The molecule has 0 aliphatic rings. The quantitative estimate of drug-likeness (QED) is 0.831. The average molecular weight is 281 g/mol. The zero-order chi connectivity index (χ0) is 14.3. The summed E-state index contributed by atoms with van der Waals surface area (Å²) in [4.78, 5) is 24.0. The van der Waals surface area contributed by atoms with Crippen molar-refractivity contribution >= 4 is 23.6 Å². The van der Waals surface area contributed by atoms with E-state index in [1.807, 2.05) is 30.3 Å². The normalized spacial score (nSPS) is 11.9. The van der Waals surface area contributed by atoms with Crippen LogP contribution in [0.15, 0.2) is 30.3 Å². The van der Waals surface area contributed by atoms with Gasteiger partial charge in [0.1, 0.15) is 0 Å². The molecule has 0 aliphatic carbocycles. The summed E-state index contributed by atoms with van der Waals surface area (Å²) in [5.41, 5.74) is 1.18. The van der Waals surface area contributed by atoms with Crippen molar-refractivity contribution in [3.8, 4) is 0 Å². The van der Waals surface area contributed by atoms with Crippen LogP contribution in [0.5, 0.6) is 0 Å². The number of rotatable bonds is 7. The van der Waals surface area contributed by atoms with E-state index in [1.54, 1.807) is 14.0 Å². The molecule has 1 N–H and O–H groups in total. The minimum atomic E-state index is -0.878. The Morgan fingerprint density at radius 2 is 1.95 bits per heavy atom. The van der Waals surface area contributed by atoms with E-state index in [1.165, 1.54) is 22.2 Å². The van der Waals surface area contributed by atoms with Crippen molar-refractivity contribution in [3.63, 3.8) is 0 Å². The van der Waals surface area contributed by atoms with Gasteiger partial charge in [0.2, 0.25) is 5.91 Å². The van der Waals surface area contributed by atoms with Crippen LogP contribution in [0.25, 0.3) is 0 Å². The maximum absolute atomic E-state index is 11.8. The summed E-state index contributed by atoms with van der Waals surface area (Å²) in [7, 11) is 1.64. The Morgan fingerprint density at radius 1 is 1.32 bits per heavy atom. The highest BCUT2D eigenvalue weighted by Gasteiger charge is 2.17. The van der Waals surface area contributed by atoms with E-state index in [-0.39, 0.29) is 12.5 Å². The molecule has 0 bridgehead atoms. The van der Waals surface area contributed by atoms with E-state index in [4.69, 9.17) is 5.11 Å². The standard InChI is InChI=1S/C14H19NO3S/c1-11(14(17)18)8-15(2)13(16)10-19-9-12-6-4-3-5-7-12/h3-7,11H,8-10H2,1-2H3,(H,17,18). The monoisotopic (exact) mass is 281 g/mol. The third kappa shape index (κ3) is 5.79. The average Bonchev–Trinajstić information content (AvgIpc) is 2.39. The van der Waals surface area contributed by atoms with Crippen LogP contribution in [0.4, 0.5) is 0 Å². The predicted octanol–water partition coefficient (Wildman–Crippen LogP) is 2.10. The molecule has 0 radical (unpaired) electrons. The number of hydrogen-bond donors (Lipinski definition) is 1. The third-order valence-corrected chi connectivity index (χ3v) is 3.72. The van der Waals surface area contributed by atoms with Crippen molar-refractivity contribution in [3.05, 3.63) is 35.9 Å². The summed E-state index contributed by atoms with van der Waals surface area (Å²) in [6.07, 6.45) is 0. The summed E-state index contributed by atoms with van der Waals surface area (Å²) in [5, 5.41) is 8.79. The summed E-state index contributed by atoms with van der Waals surface area (Å²) in [6, 6.07) is 9.94. The zero-order valence-corrected chi connectivity index (χ0v) is 12.0. The van der Waals surface area contributed by atoms with Crippen molar-refractivity contribution in [2.75, 3.05) is 19.3 Å². The van der Waals surface area contributed by atoms with Gasteiger partial charge in [0.25, 0.3) is 0 Å². The van der Waals surface area contributed by atoms with Crippen LogP contribution < -0.4 is 0 Å². The largest absolute Gasteiger partial charge is 0.481 e. The first-order valence-electron chi connectivity index (χ1n) is 6.09. The molecule has 1 rings (SSSR count). The van der Waals surface area contributed by atoms with E-state index in [0.717, 1.165) is 5.75 Å². The van der Waals surface area contributed by atoms with Crippen LogP contribution in [0, 0.1) is 5.92 Å². The zero-order valence-electron chi connectivity index (χ0n) is 11.2. The Labute approximate surface area is 117 Å². The molecule has 5 heteroatoms. The summed E-state index contributed by atoms with van der Waals surface area (Å²) < 4.78 is 0. The maximum Gasteiger partial charge on any atom is 0.308 e. The van der Waals surface area contributed by atoms with E-state index in [9.17, 15) is 9.59 Å². The molecule has 0 fully saturated rings. The van der Waals surface area contributed by atoms with Gasteiger partial charge in [-0.3, -0.25) is 9.59 Å². The van der Waals surface area contributed by atoms with Gasteiger partial charge in [0, 0.05) is 19.3 Å². The molecule has 0 spiro atoms. The fourth-order valence-corrected chi connectivity index (χ4v) is 2.46. The van der Waals surface area contributed by atoms with Crippen LogP contribution in [0.1, 0.15) is 12.5 Å². The molecule has 1 aromatic rings. The van der Waals surface area contributed by atoms with Crippen molar-refractivity contribution < 1.29 is 14.7 Å². The van der Waals surface area contributed by atoms with Crippen molar-refractivity contribution in [2.45, 2.75) is 12.7 Å². The SMILES string of the molecule is CC(CN(C)C(=O)CSCc1ccccc1)C(=O)O. The van der Waals surface area contributed by atoms with Crippen molar-refractivity contribution in [1.82, 2.24) is 4.90 Å². The van der Waals surface area contributed by atoms with Gasteiger partial charge < -0.3 is 10.0 Å². The second-order valence-corrected chi connectivity index (χ2v) is 5.48. The number of nitrogens with zero attached hydrogens (tertiary/aromatic N) is 1. The number of benzene rings is 1. The Morgan fingerprint density at radius 3 is 2.53 bits per heavy atom. The first-order chi connectivity index (χ1) is 9.00. The third-order valence-electron chi connectivity index (χ3n) is 2.73. The minimum Gasteiger partial charge on any atom is -0.481 e. The van der Waals surface area contributed by atoms with E-state index < -0.39 is 11.9 Å². The molecule has 1 unspecified atom stereocenters. The number of aliphatic carboxylic acids is 1. The number of carboxylic acids is 1. The Bertz CT molecular complexity index is 422. The maximum atomic E-state index is 11.8. The minimum absolute atomic E-state index is 0.0333. The lowest BCUT2D eigenvalue weighted by Gasteiger charge is -2.19. The summed E-state index contributed by atoms with van der Waals surface area (Å²) in [5.74, 6) is -0.286. The highest BCUT2D eigenvalue weighted by atomic mass is 32.2. The number of amides is 1. The Balaban J connectivity index is 2.29. The van der Waals surface area contributed by atoms with Crippen molar-refractivity contribution in [1.29, 1.82) is 0 Å². The second-order valence-electron chi connectivity index (χ2n) is 4.49. The van der Waals surface area contributed by atoms with Crippen LogP contribution in [-0.4, -0.2) is 41.2 Å². The second kappa shape index (κ2) is 7.84. The lowest BCUT2D eigenvalue weighted by molar-refractivity contribution is -0.142. The number of carbonyl (C=O) groups is 2. The molecule has 1 aromatic carbocycles. The fourth-order valence-electron chi connectivity index (χ4n) is 1.53. The number of carbonyl (C=O) groups excluding carboxylic acids is 1. The van der Waals surface area contributed by atoms with Crippen LogP contribution >= 0.6 is 11.8 Å². The summed E-state index contributed by atoms with van der Waals surface area (Å²) >= 11 is 1.54. The van der Waals surface area contributed by atoms with Gasteiger partial charge in [-0.15, -0.1) is 11.8 Å². The number of carboxylic acid groups (broad SMARTS) is 1. The molecule has 1 atom stereocenters. The Hall–Kier alpha value is -1.49. The molecule has 19 heavy (non-hydrogen) atoms. The van der Waals surface area contributed by atoms with E-state index in [0.29, 0.717) is 5.75 Å². The number of hydrogen-bond acceptors (Lipinski definition) is 3. The lowest BCUT2D eigenvalue weighted by Crippen LogP contribution is -2.34. The van der Waals surface area contributed by atoms with E-state index >= 15 is 0 Å². The van der Waals surface area contributed by atoms with Gasteiger partial charge in [-0.05, 0) is 5.56 Å². The molecule has 4 nitrogen and oxygen atoms in total. The lowest BCUT2D eigenvalue weighted by atomic mass is 10.2. The molecular formula is C14H19NO3S. The van der Waals surface area contributed by atoms with Gasteiger partial charge in [-0.1, -0.05) is 37.3 Å². The van der Waals surface area contributed by atoms with Crippen LogP contribution in [0.3, 0.4) is 0 Å². The topological polar surface area (TPSA) is 57.6 Å². The van der Waals surface area contributed by atoms with Gasteiger partial charge >= 0.3 is 5.97 Å². The molecule has 0 heterocycles. The van der Waals surface area contributed by atoms with Crippen LogP contribution in [0.2, 0.25) is 0 Å². The molecule has 0 saturated heterocycles. The fraction of sp³-hybridized carbons (Fsp3) is 0.429. The molecule has 0 saturated carbocycles. The molecular weight excluding hydrogens is 262 g/mol. The number of thioether (sulfide) groups is 1. The van der Waals surface area contributed by atoms with Gasteiger partial charge in [-0.25, -0.2) is 0 Å². The molecule has 104 valence electrons. The first-order valence-corrected chi connectivity index (χ1v) is 7.24. The smallest absolute Gasteiger partial charge is 0.308 e. The van der Waals surface area contributed by atoms with Gasteiger partial charge in [0.05, 0.1) is 11.7 Å². The van der Waals surface area contributed by atoms with Crippen molar-refractivity contribution in [2.24, 2.45) is 5.92 Å². The van der Waals surface area contributed by atoms with Crippen LogP contribution in [-0.2, 0) is 15.3 Å². The van der Waals surface area contributed by atoms with Gasteiger partial charge in [-0.2, -0.15) is 0 Å². The van der Waals surface area contributed by atoms with E-state index in [2.05, 4.69) is 0 Å².